The number of aryl methyl sites for hydroxylation is 2. The highest BCUT2D eigenvalue weighted by molar-refractivity contribution is 5.97. The second kappa shape index (κ2) is 9.90. The van der Waals surface area contributed by atoms with E-state index in [1.165, 1.54) is 11.5 Å². The van der Waals surface area contributed by atoms with Gasteiger partial charge < -0.3 is 10.1 Å². The molecule has 29 heavy (non-hydrogen) atoms. The van der Waals surface area contributed by atoms with Crippen molar-refractivity contribution in [3.8, 4) is 0 Å². The molecule has 9 nitrogen and oxygen atoms in total. The highest BCUT2D eigenvalue weighted by atomic mass is 16.5. The van der Waals surface area contributed by atoms with E-state index in [1.807, 2.05) is 31.2 Å². The van der Waals surface area contributed by atoms with Crippen LogP contribution in [-0.4, -0.2) is 39.2 Å². The zero-order valence-electron chi connectivity index (χ0n) is 17.2. The molecule has 1 aromatic heterocycles. The maximum atomic E-state index is 12.7. The topological polar surface area (TPSA) is 111 Å². The number of aromatic nitrogens is 2. The number of nitrogens with zero attached hydrogens (tertiary/aromatic N) is 2. The Balaban J connectivity index is 1.99. The van der Waals surface area contributed by atoms with Crippen LogP contribution in [0.3, 0.4) is 0 Å². The molecule has 0 radical (unpaired) electrons. The average molecular weight is 404 g/mol. The third kappa shape index (κ3) is 5.69. The minimum atomic E-state index is -1.13. The Hall–Kier alpha value is -3.10. The van der Waals surface area contributed by atoms with Crippen LogP contribution >= 0.6 is 0 Å². The largest absolute Gasteiger partial charge is 0.452 e. The van der Waals surface area contributed by atoms with E-state index >= 15 is 0 Å². The van der Waals surface area contributed by atoms with E-state index in [9.17, 15) is 19.2 Å². The van der Waals surface area contributed by atoms with Gasteiger partial charge in [0, 0.05) is 19.1 Å². The molecular weight excluding hydrogens is 376 g/mol. The summed E-state index contributed by atoms with van der Waals surface area (Å²) in [4.78, 5) is 48.3. The van der Waals surface area contributed by atoms with Gasteiger partial charge >= 0.3 is 17.7 Å². The zero-order valence-corrected chi connectivity index (χ0v) is 17.2. The van der Waals surface area contributed by atoms with Gasteiger partial charge in [-0.3, -0.25) is 24.0 Å². The minimum Gasteiger partial charge on any atom is -0.452 e. The molecule has 0 aliphatic rings. The summed E-state index contributed by atoms with van der Waals surface area (Å²) in [6.07, 6.45) is -0.387. The molecule has 0 saturated heterocycles. The standard InChI is InChI=1S/C20H28N4O5/c1-5-11-23-15-8-6-7-9-16(15)24(20(23)28)12-10-17(25)29-14(4)18(26)22-19(27)21-13(2)3/h6-9,13-14H,5,10-12H2,1-4H3,(H2,21,22,26,27)/t14-/m1/s1. The first-order valence-corrected chi connectivity index (χ1v) is 9.73. The Morgan fingerprint density at radius 2 is 1.62 bits per heavy atom. The third-order valence-electron chi connectivity index (χ3n) is 4.25. The number of ether oxygens (including phenoxy) is 1. The number of benzene rings is 1. The van der Waals surface area contributed by atoms with Crippen molar-refractivity contribution in [3.63, 3.8) is 0 Å². The summed E-state index contributed by atoms with van der Waals surface area (Å²) >= 11 is 0. The number of esters is 1. The van der Waals surface area contributed by atoms with Crippen molar-refractivity contribution in [1.82, 2.24) is 19.8 Å². The molecule has 1 heterocycles. The Morgan fingerprint density at radius 3 is 2.17 bits per heavy atom. The summed E-state index contributed by atoms with van der Waals surface area (Å²) in [5.74, 6) is -1.34. The molecule has 2 N–H and O–H groups in total. The molecule has 2 aromatic rings. The molecule has 2 rings (SSSR count). The summed E-state index contributed by atoms with van der Waals surface area (Å²) in [5.41, 5.74) is 1.38. The average Bonchev–Trinajstić information content (AvgIpc) is 2.91. The lowest BCUT2D eigenvalue weighted by molar-refractivity contribution is -0.154. The van der Waals surface area contributed by atoms with Crippen LogP contribution in [-0.2, 0) is 27.4 Å². The highest BCUT2D eigenvalue weighted by Crippen LogP contribution is 2.14. The van der Waals surface area contributed by atoms with Gasteiger partial charge in [0.15, 0.2) is 6.10 Å². The number of rotatable bonds is 8. The lowest BCUT2D eigenvalue weighted by Gasteiger charge is -2.14. The number of carbonyl (C=O) groups is 3. The summed E-state index contributed by atoms with van der Waals surface area (Å²) < 4.78 is 8.31. The fourth-order valence-electron chi connectivity index (χ4n) is 2.95. The highest BCUT2D eigenvalue weighted by Gasteiger charge is 2.21. The van der Waals surface area contributed by atoms with Gasteiger partial charge in [-0.05, 0) is 39.3 Å². The molecule has 0 saturated carbocycles. The van der Waals surface area contributed by atoms with Crippen LogP contribution in [0, 0.1) is 0 Å². The minimum absolute atomic E-state index is 0.0736. The first-order chi connectivity index (χ1) is 13.7. The van der Waals surface area contributed by atoms with Crippen LogP contribution in [0.2, 0.25) is 0 Å². The van der Waals surface area contributed by atoms with E-state index in [0.29, 0.717) is 6.54 Å². The van der Waals surface area contributed by atoms with Crippen molar-refractivity contribution in [1.29, 1.82) is 0 Å². The van der Waals surface area contributed by atoms with Crippen molar-refractivity contribution in [2.24, 2.45) is 0 Å². The number of amides is 3. The van der Waals surface area contributed by atoms with Gasteiger partial charge in [-0.25, -0.2) is 9.59 Å². The number of imide groups is 1. The van der Waals surface area contributed by atoms with Crippen molar-refractivity contribution in [3.05, 3.63) is 34.7 Å². The van der Waals surface area contributed by atoms with E-state index in [0.717, 1.165) is 17.5 Å². The fourth-order valence-corrected chi connectivity index (χ4v) is 2.95. The van der Waals surface area contributed by atoms with Gasteiger partial charge in [-0.1, -0.05) is 19.1 Å². The smallest absolute Gasteiger partial charge is 0.329 e. The lowest BCUT2D eigenvalue weighted by atomic mass is 10.3. The monoisotopic (exact) mass is 404 g/mol. The summed E-state index contributed by atoms with van der Waals surface area (Å²) in [7, 11) is 0. The Morgan fingerprint density at radius 1 is 1.03 bits per heavy atom. The molecular formula is C20H28N4O5. The van der Waals surface area contributed by atoms with Crippen LogP contribution in [0.5, 0.6) is 0 Å². The zero-order chi connectivity index (χ0) is 21.6. The van der Waals surface area contributed by atoms with E-state index < -0.39 is 24.0 Å². The van der Waals surface area contributed by atoms with E-state index in [4.69, 9.17) is 4.74 Å². The van der Waals surface area contributed by atoms with E-state index in [1.54, 1.807) is 18.4 Å². The third-order valence-corrected chi connectivity index (χ3v) is 4.25. The maximum absolute atomic E-state index is 12.7. The molecule has 0 unspecified atom stereocenters. The second-order valence-corrected chi connectivity index (χ2v) is 7.07. The Labute approximate surface area is 169 Å². The summed E-state index contributed by atoms with van der Waals surface area (Å²) in [6.45, 7) is 7.61. The number of imidazole rings is 1. The normalized spacial score (nSPS) is 12.0. The van der Waals surface area contributed by atoms with Gasteiger partial charge in [0.05, 0.1) is 17.5 Å². The van der Waals surface area contributed by atoms with Gasteiger partial charge in [0.1, 0.15) is 0 Å². The molecule has 0 fully saturated rings. The number of carbonyl (C=O) groups excluding carboxylic acids is 3. The molecule has 9 heteroatoms. The predicted molar refractivity (Wildman–Crippen MR) is 108 cm³/mol. The first-order valence-electron chi connectivity index (χ1n) is 9.73. The molecule has 1 atom stereocenters. The first kappa shape index (κ1) is 22.2. The number of para-hydroxylation sites is 2. The number of urea groups is 1. The van der Waals surface area contributed by atoms with E-state index in [2.05, 4.69) is 10.6 Å². The van der Waals surface area contributed by atoms with Crippen LogP contribution in [0.4, 0.5) is 4.79 Å². The summed E-state index contributed by atoms with van der Waals surface area (Å²) in [6, 6.07) is 6.62. The number of hydrogen-bond donors (Lipinski definition) is 2. The van der Waals surface area contributed by atoms with Crippen LogP contribution in [0.25, 0.3) is 11.0 Å². The van der Waals surface area contributed by atoms with Crippen molar-refractivity contribution >= 4 is 28.9 Å². The molecule has 0 spiro atoms. The quantitative estimate of drug-likeness (QED) is 0.652. The molecule has 0 aliphatic carbocycles. The van der Waals surface area contributed by atoms with Gasteiger partial charge in [0.25, 0.3) is 5.91 Å². The molecule has 158 valence electrons. The summed E-state index contributed by atoms with van der Waals surface area (Å²) in [5, 5.41) is 4.63. The molecule has 3 amide bonds. The van der Waals surface area contributed by atoms with Crippen LogP contribution in [0.15, 0.2) is 29.1 Å². The van der Waals surface area contributed by atoms with Crippen LogP contribution < -0.4 is 16.3 Å². The fraction of sp³-hybridized carbons (Fsp3) is 0.500. The predicted octanol–water partition coefficient (Wildman–Crippen LogP) is 1.77. The van der Waals surface area contributed by atoms with Crippen molar-refractivity contribution in [2.45, 2.75) is 65.8 Å². The Kier molecular flexibility index (Phi) is 7.58. The number of nitrogens with one attached hydrogen (secondary N) is 2. The van der Waals surface area contributed by atoms with Gasteiger partial charge in [0.2, 0.25) is 0 Å². The van der Waals surface area contributed by atoms with Gasteiger partial charge in [-0.2, -0.15) is 0 Å². The van der Waals surface area contributed by atoms with E-state index in [-0.39, 0.29) is 24.7 Å². The molecule has 0 bridgehead atoms. The molecule has 1 aromatic carbocycles. The van der Waals surface area contributed by atoms with Crippen molar-refractivity contribution < 1.29 is 19.1 Å². The maximum Gasteiger partial charge on any atom is 0.329 e. The number of fused-ring (bicyclic) bond motifs is 1. The SMILES string of the molecule is CCCn1c(=O)n(CCC(=O)O[C@H](C)C(=O)NC(=O)NC(C)C)c2ccccc21. The van der Waals surface area contributed by atoms with Crippen molar-refractivity contribution in [2.75, 3.05) is 0 Å². The second-order valence-electron chi connectivity index (χ2n) is 7.07. The number of hydrogen-bond acceptors (Lipinski definition) is 5. The van der Waals surface area contributed by atoms with Gasteiger partial charge in [-0.15, -0.1) is 0 Å². The molecule has 0 aliphatic heterocycles. The Bertz CT molecular complexity index is 944. The lowest BCUT2D eigenvalue weighted by Crippen LogP contribution is -2.46. The van der Waals surface area contributed by atoms with Crippen LogP contribution in [0.1, 0.15) is 40.5 Å².